The van der Waals surface area contributed by atoms with Gasteiger partial charge in [0.25, 0.3) is 5.91 Å². The fourth-order valence-electron chi connectivity index (χ4n) is 1.89. The Hall–Kier alpha value is -3.03. The SMILES string of the molecule is O=C(O)c1ccc(O)c(NC(=O)c2ccccc2C(F)(F)F)c1. The van der Waals surface area contributed by atoms with E-state index in [0.717, 1.165) is 36.4 Å². The molecular formula is C15H10F3NO4. The van der Waals surface area contributed by atoms with E-state index < -0.39 is 34.9 Å². The summed E-state index contributed by atoms with van der Waals surface area (Å²) in [7, 11) is 0. The molecule has 0 heterocycles. The lowest BCUT2D eigenvalue weighted by Gasteiger charge is -2.13. The number of carboxylic acid groups (broad SMARTS) is 1. The van der Waals surface area contributed by atoms with Gasteiger partial charge in [0.2, 0.25) is 0 Å². The molecular weight excluding hydrogens is 315 g/mol. The third-order valence-corrected chi connectivity index (χ3v) is 2.97. The number of amides is 1. The zero-order chi connectivity index (χ0) is 17.2. The fourth-order valence-corrected chi connectivity index (χ4v) is 1.89. The van der Waals surface area contributed by atoms with Crippen LogP contribution >= 0.6 is 0 Å². The van der Waals surface area contributed by atoms with Crippen LogP contribution in [0.2, 0.25) is 0 Å². The van der Waals surface area contributed by atoms with E-state index in [1.807, 2.05) is 0 Å². The third kappa shape index (κ3) is 3.60. The highest BCUT2D eigenvalue weighted by Gasteiger charge is 2.34. The molecule has 0 atom stereocenters. The first kappa shape index (κ1) is 16.3. The highest BCUT2D eigenvalue weighted by molar-refractivity contribution is 6.06. The van der Waals surface area contributed by atoms with Gasteiger partial charge in [-0.25, -0.2) is 4.79 Å². The highest BCUT2D eigenvalue weighted by atomic mass is 19.4. The van der Waals surface area contributed by atoms with Crippen molar-refractivity contribution in [1.29, 1.82) is 0 Å². The molecule has 2 aromatic rings. The summed E-state index contributed by atoms with van der Waals surface area (Å²) in [5.41, 5.74) is -2.31. The van der Waals surface area contributed by atoms with E-state index in [1.54, 1.807) is 0 Å². The number of aromatic hydroxyl groups is 1. The van der Waals surface area contributed by atoms with Crippen LogP contribution in [0, 0.1) is 0 Å². The molecule has 0 saturated heterocycles. The molecule has 0 radical (unpaired) electrons. The van der Waals surface area contributed by atoms with Crippen LogP contribution in [0.25, 0.3) is 0 Å². The summed E-state index contributed by atoms with van der Waals surface area (Å²) in [5, 5.41) is 20.6. The summed E-state index contributed by atoms with van der Waals surface area (Å²) in [6.07, 6.45) is -4.72. The maximum absolute atomic E-state index is 12.9. The van der Waals surface area contributed by atoms with Crippen molar-refractivity contribution in [2.45, 2.75) is 6.18 Å². The average Bonchev–Trinajstić information content (AvgIpc) is 2.48. The van der Waals surface area contributed by atoms with Gasteiger partial charge in [-0.15, -0.1) is 0 Å². The van der Waals surface area contributed by atoms with Gasteiger partial charge in [0.15, 0.2) is 0 Å². The number of phenols is 1. The van der Waals surface area contributed by atoms with Gasteiger partial charge in [-0.05, 0) is 30.3 Å². The molecule has 3 N–H and O–H groups in total. The molecule has 23 heavy (non-hydrogen) atoms. The molecule has 8 heteroatoms. The molecule has 0 aliphatic rings. The van der Waals surface area contributed by atoms with Crippen LogP contribution in [0.4, 0.5) is 18.9 Å². The fraction of sp³-hybridized carbons (Fsp3) is 0.0667. The maximum atomic E-state index is 12.9. The second-order valence-corrected chi connectivity index (χ2v) is 4.53. The zero-order valence-electron chi connectivity index (χ0n) is 11.4. The Morgan fingerprint density at radius 2 is 1.70 bits per heavy atom. The van der Waals surface area contributed by atoms with E-state index >= 15 is 0 Å². The summed E-state index contributed by atoms with van der Waals surface area (Å²) in [6.45, 7) is 0. The molecule has 0 saturated carbocycles. The van der Waals surface area contributed by atoms with E-state index in [1.165, 1.54) is 6.07 Å². The number of rotatable bonds is 3. The first-order valence-electron chi connectivity index (χ1n) is 6.24. The summed E-state index contributed by atoms with van der Waals surface area (Å²) in [4.78, 5) is 22.9. The highest BCUT2D eigenvalue weighted by Crippen LogP contribution is 2.33. The molecule has 1 amide bonds. The van der Waals surface area contributed by atoms with Crippen molar-refractivity contribution in [1.82, 2.24) is 0 Å². The zero-order valence-corrected chi connectivity index (χ0v) is 11.4. The normalized spacial score (nSPS) is 11.1. The minimum absolute atomic E-state index is 0.234. The predicted octanol–water partition coefficient (Wildman–Crippen LogP) is 3.36. The number of aromatic carboxylic acids is 1. The molecule has 0 unspecified atom stereocenters. The van der Waals surface area contributed by atoms with Crippen LogP contribution in [0.1, 0.15) is 26.3 Å². The van der Waals surface area contributed by atoms with Gasteiger partial charge in [-0.1, -0.05) is 12.1 Å². The number of hydrogen-bond donors (Lipinski definition) is 3. The first-order valence-corrected chi connectivity index (χ1v) is 6.24. The molecule has 0 aromatic heterocycles. The second-order valence-electron chi connectivity index (χ2n) is 4.53. The van der Waals surface area contributed by atoms with E-state index in [4.69, 9.17) is 5.11 Å². The molecule has 0 aliphatic carbocycles. The predicted molar refractivity (Wildman–Crippen MR) is 74.5 cm³/mol. The van der Waals surface area contributed by atoms with Crippen molar-refractivity contribution in [3.8, 4) is 5.75 Å². The number of hydrogen-bond acceptors (Lipinski definition) is 3. The topological polar surface area (TPSA) is 86.6 Å². The minimum atomic E-state index is -4.72. The van der Waals surface area contributed by atoms with Gasteiger partial charge in [-0.2, -0.15) is 13.2 Å². The molecule has 0 spiro atoms. The quantitative estimate of drug-likeness (QED) is 0.755. The smallest absolute Gasteiger partial charge is 0.417 e. The molecule has 0 aliphatic heterocycles. The molecule has 2 rings (SSSR count). The number of halogens is 3. The molecule has 2 aromatic carbocycles. The van der Waals surface area contributed by atoms with Crippen LogP contribution in [0.15, 0.2) is 42.5 Å². The number of carbonyl (C=O) groups is 2. The molecule has 5 nitrogen and oxygen atoms in total. The number of benzene rings is 2. The number of phenolic OH excluding ortho intramolecular Hbond substituents is 1. The van der Waals surface area contributed by atoms with E-state index in [9.17, 15) is 27.9 Å². The van der Waals surface area contributed by atoms with Gasteiger partial charge in [-0.3, -0.25) is 4.79 Å². The second kappa shape index (κ2) is 5.99. The van der Waals surface area contributed by atoms with Crippen LogP contribution < -0.4 is 5.32 Å². The van der Waals surface area contributed by atoms with Crippen molar-refractivity contribution in [3.63, 3.8) is 0 Å². The van der Waals surface area contributed by atoms with Crippen molar-refractivity contribution in [2.24, 2.45) is 0 Å². The number of carbonyl (C=O) groups excluding carboxylic acids is 1. The van der Waals surface area contributed by atoms with Crippen molar-refractivity contribution < 1.29 is 33.0 Å². The Bertz CT molecular complexity index is 772. The number of nitrogens with one attached hydrogen (secondary N) is 1. The van der Waals surface area contributed by atoms with Gasteiger partial charge >= 0.3 is 12.1 Å². The summed E-state index contributed by atoms with van der Waals surface area (Å²) in [5.74, 6) is -2.89. The minimum Gasteiger partial charge on any atom is -0.506 e. The van der Waals surface area contributed by atoms with Gasteiger partial charge < -0.3 is 15.5 Å². The standard InChI is InChI=1S/C15H10F3NO4/c16-15(17,18)10-4-2-1-3-9(10)13(21)19-11-7-8(14(22)23)5-6-12(11)20/h1-7,20H,(H,19,21)(H,22,23). The number of alkyl halides is 3. The van der Waals surface area contributed by atoms with Gasteiger partial charge in [0, 0.05) is 0 Å². The number of carboxylic acids is 1. The van der Waals surface area contributed by atoms with Gasteiger partial charge in [0.05, 0.1) is 22.4 Å². The van der Waals surface area contributed by atoms with Crippen molar-refractivity contribution in [3.05, 3.63) is 59.2 Å². The van der Waals surface area contributed by atoms with Crippen LogP contribution in [0.3, 0.4) is 0 Å². The summed E-state index contributed by atoms with van der Waals surface area (Å²) < 4.78 is 38.7. The monoisotopic (exact) mass is 325 g/mol. The Morgan fingerprint density at radius 1 is 1.04 bits per heavy atom. The average molecular weight is 325 g/mol. The summed E-state index contributed by atoms with van der Waals surface area (Å²) >= 11 is 0. The van der Waals surface area contributed by atoms with E-state index in [-0.39, 0.29) is 11.3 Å². The van der Waals surface area contributed by atoms with Crippen molar-refractivity contribution >= 4 is 17.6 Å². The largest absolute Gasteiger partial charge is 0.506 e. The molecule has 0 fully saturated rings. The van der Waals surface area contributed by atoms with E-state index in [0.29, 0.717) is 0 Å². The summed E-state index contributed by atoms with van der Waals surface area (Å²) in [6, 6.07) is 7.20. The molecule has 0 bridgehead atoms. The Morgan fingerprint density at radius 3 is 2.30 bits per heavy atom. The lowest BCUT2D eigenvalue weighted by Crippen LogP contribution is -2.18. The van der Waals surface area contributed by atoms with Gasteiger partial charge in [0.1, 0.15) is 5.75 Å². The first-order chi connectivity index (χ1) is 10.7. The van der Waals surface area contributed by atoms with Crippen LogP contribution in [-0.2, 0) is 6.18 Å². The maximum Gasteiger partial charge on any atom is 0.417 e. The molecule has 120 valence electrons. The van der Waals surface area contributed by atoms with E-state index in [2.05, 4.69) is 5.32 Å². The lowest BCUT2D eigenvalue weighted by atomic mass is 10.1. The van der Waals surface area contributed by atoms with Crippen molar-refractivity contribution in [2.75, 3.05) is 5.32 Å². The van der Waals surface area contributed by atoms with Crippen LogP contribution in [0.5, 0.6) is 5.75 Å². The van der Waals surface area contributed by atoms with Crippen LogP contribution in [-0.4, -0.2) is 22.1 Å². The number of anilines is 1. The Labute approximate surface area is 128 Å². The Kier molecular flexibility index (Phi) is 4.26. The lowest BCUT2D eigenvalue weighted by molar-refractivity contribution is -0.137. The third-order valence-electron chi connectivity index (χ3n) is 2.97. The Balaban J connectivity index is 2.38.